The highest BCUT2D eigenvalue weighted by Gasteiger charge is 2.02. The highest BCUT2D eigenvalue weighted by Crippen LogP contribution is 2.14. The second-order valence-corrected chi connectivity index (χ2v) is 4.18. The fraction of sp³-hybridized carbons (Fsp3) is 0.538. The van der Waals surface area contributed by atoms with Gasteiger partial charge in [-0.25, -0.2) is 0 Å². The minimum atomic E-state index is 0.623. The van der Waals surface area contributed by atoms with E-state index in [1.807, 2.05) is 0 Å². The molecule has 0 aromatic rings. The Morgan fingerprint density at radius 2 is 2.29 bits per heavy atom. The molecule has 0 aromatic carbocycles. The lowest BCUT2D eigenvalue weighted by atomic mass is 10.1. The summed E-state index contributed by atoms with van der Waals surface area (Å²) in [4.78, 5) is 0. The molecule has 1 aliphatic rings. The first-order chi connectivity index (χ1) is 6.68. The zero-order chi connectivity index (χ0) is 10.4. The molecule has 0 heterocycles. The summed E-state index contributed by atoms with van der Waals surface area (Å²) >= 11 is 0. The molecule has 0 bridgehead atoms. The second kappa shape index (κ2) is 5.69. The lowest BCUT2D eigenvalue weighted by Gasteiger charge is -2.12. The molecule has 78 valence electrons. The highest BCUT2D eigenvalue weighted by molar-refractivity contribution is 5.22. The SMILES string of the molecule is C=C(CC(C)C)OCC1=CCCC=C1. The number of allylic oxidation sites excluding steroid dienone is 3. The van der Waals surface area contributed by atoms with Crippen molar-refractivity contribution < 1.29 is 4.74 Å². The van der Waals surface area contributed by atoms with Gasteiger partial charge in [-0.15, -0.1) is 0 Å². The van der Waals surface area contributed by atoms with Crippen LogP contribution in [0.1, 0.15) is 33.1 Å². The minimum absolute atomic E-state index is 0.623. The van der Waals surface area contributed by atoms with Gasteiger partial charge in [-0.2, -0.15) is 0 Å². The largest absolute Gasteiger partial charge is 0.494 e. The number of ether oxygens (including phenoxy) is 1. The van der Waals surface area contributed by atoms with E-state index in [1.54, 1.807) is 0 Å². The molecule has 0 atom stereocenters. The summed E-state index contributed by atoms with van der Waals surface area (Å²) in [7, 11) is 0. The van der Waals surface area contributed by atoms with Gasteiger partial charge in [0.25, 0.3) is 0 Å². The van der Waals surface area contributed by atoms with Gasteiger partial charge < -0.3 is 4.74 Å². The molecule has 1 heteroatoms. The van der Waals surface area contributed by atoms with Crippen LogP contribution in [-0.2, 0) is 4.74 Å². The molecule has 0 radical (unpaired) electrons. The first-order valence-electron chi connectivity index (χ1n) is 5.34. The van der Waals surface area contributed by atoms with E-state index in [-0.39, 0.29) is 0 Å². The molecule has 0 N–H and O–H groups in total. The molecule has 0 aliphatic heterocycles. The van der Waals surface area contributed by atoms with Crippen LogP contribution >= 0.6 is 0 Å². The van der Waals surface area contributed by atoms with E-state index >= 15 is 0 Å². The van der Waals surface area contributed by atoms with Crippen molar-refractivity contribution >= 4 is 0 Å². The van der Waals surface area contributed by atoms with Crippen LogP contribution in [-0.4, -0.2) is 6.61 Å². The minimum Gasteiger partial charge on any atom is -0.494 e. The number of hydrogen-bond acceptors (Lipinski definition) is 1. The third-order valence-electron chi connectivity index (χ3n) is 2.15. The van der Waals surface area contributed by atoms with Gasteiger partial charge in [-0.1, -0.05) is 38.7 Å². The molecular weight excluding hydrogens is 172 g/mol. The summed E-state index contributed by atoms with van der Waals surface area (Å²) in [6.45, 7) is 8.94. The van der Waals surface area contributed by atoms with Crippen molar-refractivity contribution in [2.45, 2.75) is 33.1 Å². The van der Waals surface area contributed by atoms with Crippen molar-refractivity contribution in [1.29, 1.82) is 0 Å². The molecule has 0 fully saturated rings. The van der Waals surface area contributed by atoms with Gasteiger partial charge >= 0.3 is 0 Å². The van der Waals surface area contributed by atoms with Crippen LogP contribution in [0.2, 0.25) is 0 Å². The van der Waals surface area contributed by atoms with Crippen molar-refractivity contribution in [2.24, 2.45) is 5.92 Å². The molecule has 14 heavy (non-hydrogen) atoms. The monoisotopic (exact) mass is 192 g/mol. The first-order valence-corrected chi connectivity index (χ1v) is 5.34. The third kappa shape index (κ3) is 4.31. The molecule has 0 saturated heterocycles. The van der Waals surface area contributed by atoms with Gasteiger partial charge in [0.2, 0.25) is 0 Å². The summed E-state index contributed by atoms with van der Waals surface area (Å²) in [6, 6.07) is 0. The quantitative estimate of drug-likeness (QED) is 0.601. The fourth-order valence-corrected chi connectivity index (χ4v) is 1.47. The van der Waals surface area contributed by atoms with Crippen LogP contribution in [0.3, 0.4) is 0 Å². The van der Waals surface area contributed by atoms with Crippen LogP contribution in [0.15, 0.2) is 36.1 Å². The summed E-state index contributed by atoms with van der Waals surface area (Å²) in [5.74, 6) is 1.53. The summed E-state index contributed by atoms with van der Waals surface area (Å²) < 4.78 is 5.58. The maximum absolute atomic E-state index is 5.58. The van der Waals surface area contributed by atoms with Crippen LogP contribution in [0.5, 0.6) is 0 Å². The van der Waals surface area contributed by atoms with E-state index in [4.69, 9.17) is 4.74 Å². The lowest BCUT2D eigenvalue weighted by molar-refractivity contribution is 0.223. The number of rotatable bonds is 5. The lowest BCUT2D eigenvalue weighted by Crippen LogP contribution is -2.00. The van der Waals surface area contributed by atoms with Gasteiger partial charge in [-0.3, -0.25) is 0 Å². The maximum atomic E-state index is 5.58. The predicted molar refractivity (Wildman–Crippen MR) is 61.0 cm³/mol. The molecule has 1 aliphatic carbocycles. The summed E-state index contributed by atoms with van der Waals surface area (Å²) in [5, 5.41) is 0. The van der Waals surface area contributed by atoms with Crippen LogP contribution in [0.25, 0.3) is 0 Å². The van der Waals surface area contributed by atoms with E-state index < -0.39 is 0 Å². The Kier molecular flexibility index (Phi) is 4.51. The third-order valence-corrected chi connectivity index (χ3v) is 2.15. The van der Waals surface area contributed by atoms with Crippen LogP contribution in [0.4, 0.5) is 0 Å². The maximum Gasteiger partial charge on any atom is 0.112 e. The molecule has 0 saturated carbocycles. The van der Waals surface area contributed by atoms with Gasteiger partial charge in [0.15, 0.2) is 0 Å². The van der Waals surface area contributed by atoms with Gasteiger partial charge in [0, 0.05) is 6.42 Å². The average Bonchev–Trinajstić information content (AvgIpc) is 2.15. The molecule has 0 spiro atoms. The van der Waals surface area contributed by atoms with E-state index in [0.717, 1.165) is 25.0 Å². The number of hydrogen-bond donors (Lipinski definition) is 0. The first kappa shape index (κ1) is 11.1. The molecule has 1 nitrogen and oxygen atoms in total. The van der Waals surface area contributed by atoms with Gasteiger partial charge in [0.05, 0.1) is 5.76 Å². The Labute approximate surface area is 87.2 Å². The van der Waals surface area contributed by atoms with E-state index in [9.17, 15) is 0 Å². The van der Waals surface area contributed by atoms with Crippen molar-refractivity contribution in [2.75, 3.05) is 6.61 Å². The average molecular weight is 192 g/mol. The Bertz CT molecular complexity index is 246. The molecule has 0 aromatic heterocycles. The van der Waals surface area contributed by atoms with Gasteiger partial charge in [0.1, 0.15) is 6.61 Å². The summed E-state index contributed by atoms with van der Waals surface area (Å²) in [6.07, 6.45) is 9.85. The molecular formula is C13H20O. The zero-order valence-electron chi connectivity index (χ0n) is 9.25. The standard InChI is InChI=1S/C13H20O/c1-11(2)9-12(3)14-10-13-7-5-4-6-8-13/h5,7-8,11H,3-4,6,9-10H2,1-2H3. The highest BCUT2D eigenvalue weighted by atomic mass is 16.5. The van der Waals surface area contributed by atoms with Crippen molar-refractivity contribution in [1.82, 2.24) is 0 Å². The van der Waals surface area contributed by atoms with Gasteiger partial charge in [-0.05, 0) is 24.3 Å². The predicted octanol–water partition coefficient (Wildman–Crippen LogP) is 3.84. The van der Waals surface area contributed by atoms with E-state index in [2.05, 4.69) is 38.7 Å². The normalized spacial score (nSPS) is 15.5. The Morgan fingerprint density at radius 3 is 2.86 bits per heavy atom. The van der Waals surface area contributed by atoms with Crippen molar-refractivity contribution in [3.05, 3.63) is 36.1 Å². The van der Waals surface area contributed by atoms with E-state index in [0.29, 0.717) is 12.5 Å². The van der Waals surface area contributed by atoms with E-state index in [1.165, 1.54) is 5.57 Å². The smallest absolute Gasteiger partial charge is 0.112 e. The molecule has 1 rings (SSSR count). The topological polar surface area (TPSA) is 9.23 Å². The second-order valence-electron chi connectivity index (χ2n) is 4.18. The Morgan fingerprint density at radius 1 is 1.50 bits per heavy atom. The molecule has 0 unspecified atom stereocenters. The zero-order valence-corrected chi connectivity index (χ0v) is 9.25. The Hall–Kier alpha value is -0.980. The van der Waals surface area contributed by atoms with Crippen LogP contribution < -0.4 is 0 Å². The Balaban J connectivity index is 2.23. The van der Waals surface area contributed by atoms with Crippen LogP contribution in [0, 0.1) is 5.92 Å². The van der Waals surface area contributed by atoms with Crippen molar-refractivity contribution in [3.8, 4) is 0 Å². The molecule has 0 amide bonds. The fourth-order valence-electron chi connectivity index (χ4n) is 1.47. The van der Waals surface area contributed by atoms with Crippen molar-refractivity contribution in [3.63, 3.8) is 0 Å². The summed E-state index contributed by atoms with van der Waals surface area (Å²) in [5.41, 5.74) is 1.28.